The molecule has 1 aromatic carbocycles. The number of hydrogen-bond donors (Lipinski definition) is 1. The Kier molecular flexibility index (Phi) is 5.69. The van der Waals surface area contributed by atoms with Crippen LogP contribution in [0.3, 0.4) is 0 Å². The average molecular weight is 395 g/mol. The standard InChI is InChI=1S/C17H22N4O3S2/c1-3-5-15-19-20-17(25-15)18-16(22)14-6-4-11-21(14)26(23,24)13-9-7-12(2)8-10-13/h7-10,14H,3-6,11H2,1-2H3,(H,18,20,22)/t14-/m0/s1. The van der Waals surface area contributed by atoms with Gasteiger partial charge >= 0.3 is 0 Å². The molecule has 140 valence electrons. The van der Waals surface area contributed by atoms with Crippen molar-refractivity contribution in [1.29, 1.82) is 0 Å². The molecule has 1 aliphatic heterocycles. The smallest absolute Gasteiger partial charge is 0.244 e. The lowest BCUT2D eigenvalue weighted by atomic mass is 10.2. The summed E-state index contributed by atoms with van der Waals surface area (Å²) in [6.07, 6.45) is 2.91. The first kappa shape index (κ1) is 18.9. The molecule has 26 heavy (non-hydrogen) atoms. The van der Waals surface area contributed by atoms with Gasteiger partial charge in [0.2, 0.25) is 21.1 Å². The third kappa shape index (κ3) is 3.94. The van der Waals surface area contributed by atoms with E-state index in [2.05, 4.69) is 15.5 Å². The number of anilines is 1. The van der Waals surface area contributed by atoms with E-state index >= 15 is 0 Å². The maximum Gasteiger partial charge on any atom is 0.244 e. The van der Waals surface area contributed by atoms with Crippen LogP contribution in [0.15, 0.2) is 29.2 Å². The van der Waals surface area contributed by atoms with E-state index in [1.54, 1.807) is 24.3 Å². The number of amides is 1. The molecule has 9 heteroatoms. The van der Waals surface area contributed by atoms with E-state index in [1.807, 2.05) is 13.8 Å². The molecule has 0 unspecified atom stereocenters. The molecule has 0 radical (unpaired) electrons. The summed E-state index contributed by atoms with van der Waals surface area (Å²) in [6.45, 7) is 4.29. The molecule has 2 aromatic rings. The number of nitrogens with one attached hydrogen (secondary N) is 1. The van der Waals surface area contributed by atoms with Gasteiger partial charge in [0, 0.05) is 13.0 Å². The molecular formula is C17H22N4O3S2. The van der Waals surface area contributed by atoms with Crippen LogP contribution in [-0.4, -0.2) is 41.4 Å². The van der Waals surface area contributed by atoms with Crippen molar-refractivity contribution in [3.05, 3.63) is 34.8 Å². The fourth-order valence-electron chi connectivity index (χ4n) is 2.94. The lowest BCUT2D eigenvalue weighted by Crippen LogP contribution is -2.43. The molecule has 0 aliphatic carbocycles. The Balaban J connectivity index is 1.76. The van der Waals surface area contributed by atoms with E-state index in [1.165, 1.54) is 15.6 Å². The second kappa shape index (κ2) is 7.81. The van der Waals surface area contributed by atoms with Gasteiger partial charge in [-0.25, -0.2) is 8.42 Å². The predicted octanol–water partition coefficient (Wildman–Crippen LogP) is 2.59. The summed E-state index contributed by atoms with van der Waals surface area (Å²) in [7, 11) is -3.71. The summed E-state index contributed by atoms with van der Waals surface area (Å²) in [4.78, 5) is 12.9. The topological polar surface area (TPSA) is 92.3 Å². The molecule has 1 aromatic heterocycles. The first-order chi connectivity index (χ1) is 12.4. The largest absolute Gasteiger partial charge is 0.299 e. The molecular weight excluding hydrogens is 372 g/mol. The molecule has 1 saturated heterocycles. The van der Waals surface area contributed by atoms with Gasteiger partial charge in [0.05, 0.1) is 4.90 Å². The number of nitrogens with zero attached hydrogens (tertiary/aromatic N) is 3. The summed E-state index contributed by atoms with van der Waals surface area (Å²) in [6, 6.07) is 5.96. The molecule has 1 amide bonds. The molecule has 0 bridgehead atoms. The van der Waals surface area contributed by atoms with Gasteiger partial charge in [-0.3, -0.25) is 10.1 Å². The Bertz CT molecular complexity index is 878. The summed E-state index contributed by atoms with van der Waals surface area (Å²) >= 11 is 1.33. The molecule has 1 atom stereocenters. The van der Waals surface area contributed by atoms with Crippen LogP contribution < -0.4 is 5.32 Å². The Morgan fingerprint density at radius 1 is 1.31 bits per heavy atom. The number of rotatable bonds is 6. The van der Waals surface area contributed by atoms with Gasteiger partial charge in [-0.05, 0) is 38.3 Å². The van der Waals surface area contributed by atoms with Crippen LogP contribution in [0.25, 0.3) is 0 Å². The molecule has 0 saturated carbocycles. The fourth-order valence-corrected chi connectivity index (χ4v) is 5.44. The monoisotopic (exact) mass is 394 g/mol. The zero-order valence-electron chi connectivity index (χ0n) is 14.8. The van der Waals surface area contributed by atoms with Crippen molar-refractivity contribution in [1.82, 2.24) is 14.5 Å². The van der Waals surface area contributed by atoms with E-state index in [4.69, 9.17) is 0 Å². The summed E-state index contributed by atoms with van der Waals surface area (Å²) in [5, 5.41) is 12.0. The van der Waals surface area contributed by atoms with Gasteiger partial charge < -0.3 is 0 Å². The van der Waals surface area contributed by atoms with E-state index in [0.29, 0.717) is 24.5 Å². The van der Waals surface area contributed by atoms with Crippen LogP contribution in [0.5, 0.6) is 0 Å². The van der Waals surface area contributed by atoms with E-state index in [-0.39, 0.29) is 10.8 Å². The first-order valence-corrected chi connectivity index (χ1v) is 10.9. The predicted molar refractivity (Wildman–Crippen MR) is 101 cm³/mol. The van der Waals surface area contributed by atoms with Crippen LogP contribution in [0.4, 0.5) is 5.13 Å². The number of aryl methyl sites for hydroxylation is 2. The summed E-state index contributed by atoms with van der Waals surface area (Å²) in [5.41, 5.74) is 0.985. The molecule has 7 nitrogen and oxygen atoms in total. The normalized spacial score (nSPS) is 18.2. The molecule has 0 spiro atoms. The highest BCUT2D eigenvalue weighted by molar-refractivity contribution is 7.89. The average Bonchev–Trinajstić information content (AvgIpc) is 3.25. The van der Waals surface area contributed by atoms with Crippen LogP contribution >= 0.6 is 11.3 Å². The zero-order chi connectivity index (χ0) is 18.7. The molecule has 1 fully saturated rings. The Hall–Kier alpha value is -1.84. The summed E-state index contributed by atoms with van der Waals surface area (Å²) in [5.74, 6) is -0.350. The van der Waals surface area contributed by atoms with Gasteiger partial charge in [-0.1, -0.05) is 36.0 Å². The molecule has 1 aliphatic rings. The van der Waals surface area contributed by atoms with E-state index in [9.17, 15) is 13.2 Å². The lowest BCUT2D eigenvalue weighted by molar-refractivity contribution is -0.119. The zero-order valence-corrected chi connectivity index (χ0v) is 16.4. The van der Waals surface area contributed by atoms with Crippen molar-refractivity contribution in [2.45, 2.75) is 50.5 Å². The highest BCUT2D eigenvalue weighted by Gasteiger charge is 2.39. The molecule has 2 heterocycles. The molecule has 1 N–H and O–H groups in total. The van der Waals surface area contributed by atoms with Crippen LogP contribution in [-0.2, 0) is 21.2 Å². The Morgan fingerprint density at radius 3 is 2.73 bits per heavy atom. The first-order valence-electron chi connectivity index (χ1n) is 8.63. The minimum absolute atomic E-state index is 0.212. The second-order valence-electron chi connectivity index (χ2n) is 6.33. The van der Waals surface area contributed by atoms with Crippen molar-refractivity contribution in [3.8, 4) is 0 Å². The minimum Gasteiger partial charge on any atom is -0.299 e. The quantitative estimate of drug-likeness (QED) is 0.813. The summed E-state index contributed by atoms with van der Waals surface area (Å²) < 4.78 is 27.1. The second-order valence-corrected chi connectivity index (χ2v) is 9.28. The number of carbonyl (C=O) groups is 1. The number of benzene rings is 1. The fraction of sp³-hybridized carbons (Fsp3) is 0.471. The van der Waals surface area contributed by atoms with Crippen LogP contribution in [0.2, 0.25) is 0 Å². The van der Waals surface area contributed by atoms with Crippen LogP contribution in [0, 0.1) is 6.92 Å². The number of sulfonamides is 1. The van der Waals surface area contributed by atoms with Crippen molar-refractivity contribution >= 4 is 32.4 Å². The highest BCUT2D eigenvalue weighted by atomic mass is 32.2. The van der Waals surface area contributed by atoms with Crippen molar-refractivity contribution in [3.63, 3.8) is 0 Å². The molecule has 3 rings (SSSR count). The van der Waals surface area contributed by atoms with Gasteiger partial charge in [0.15, 0.2) is 0 Å². The van der Waals surface area contributed by atoms with Crippen LogP contribution in [0.1, 0.15) is 36.8 Å². The minimum atomic E-state index is -3.71. The third-order valence-electron chi connectivity index (χ3n) is 4.29. The van der Waals surface area contributed by atoms with Crippen molar-refractivity contribution in [2.75, 3.05) is 11.9 Å². The van der Waals surface area contributed by atoms with Gasteiger partial charge in [-0.15, -0.1) is 10.2 Å². The van der Waals surface area contributed by atoms with Crippen molar-refractivity contribution < 1.29 is 13.2 Å². The van der Waals surface area contributed by atoms with Gasteiger partial charge in [0.25, 0.3) is 0 Å². The lowest BCUT2D eigenvalue weighted by Gasteiger charge is -2.23. The van der Waals surface area contributed by atoms with Crippen molar-refractivity contribution in [2.24, 2.45) is 0 Å². The Labute approximate surface area is 157 Å². The third-order valence-corrected chi connectivity index (χ3v) is 7.12. The Morgan fingerprint density at radius 2 is 2.04 bits per heavy atom. The number of hydrogen-bond acceptors (Lipinski definition) is 6. The van der Waals surface area contributed by atoms with Gasteiger partial charge in [-0.2, -0.15) is 4.31 Å². The highest BCUT2D eigenvalue weighted by Crippen LogP contribution is 2.27. The maximum absolute atomic E-state index is 12.9. The van der Waals surface area contributed by atoms with E-state index in [0.717, 1.165) is 23.4 Å². The number of carbonyl (C=O) groups excluding carboxylic acids is 1. The van der Waals surface area contributed by atoms with E-state index < -0.39 is 16.1 Å². The maximum atomic E-state index is 12.9. The number of aromatic nitrogens is 2. The van der Waals surface area contributed by atoms with Gasteiger partial charge in [0.1, 0.15) is 11.0 Å². The SMILES string of the molecule is CCCc1nnc(NC(=O)[C@@H]2CCCN2S(=O)(=O)c2ccc(C)cc2)s1.